The van der Waals surface area contributed by atoms with Gasteiger partial charge in [-0.25, -0.2) is 4.98 Å². The molecule has 0 atom stereocenters. The molecule has 0 aliphatic carbocycles. The van der Waals surface area contributed by atoms with Crippen LogP contribution in [0, 0.1) is 0 Å². The van der Waals surface area contributed by atoms with Crippen LogP contribution in [-0.4, -0.2) is 34.7 Å². The van der Waals surface area contributed by atoms with Gasteiger partial charge in [0.05, 0.1) is 25.7 Å². The first kappa shape index (κ1) is 20.4. The fourth-order valence-corrected chi connectivity index (χ4v) is 5.96. The first-order chi connectivity index (χ1) is 15.1. The van der Waals surface area contributed by atoms with Gasteiger partial charge in [0.25, 0.3) is 5.91 Å². The Morgan fingerprint density at radius 3 is 2.52 bits per heavy atom. The van der Waals surface area contributed by atoms with Gasteiger partial charge in [0.15, 0.2) is 0 Å². The lowest BCUT2D eigenvalue weighted by molar-refractivity contribution is 0.0709. The number of ketones is 1. The number of halogens is 1. The van der Waals surface area contributed by atoms with E-state index in [2.05, 4.69) is 0 Å². The number of hydrogen-bond donors (Lipinski definition) is 0. The first-order valence-electron chi connectivity index (χ1n) is 10.1. The van der Waals surface area contributed by atoms with Crippen molar-refractivity contribution in [3.8, 4) is 0 Å². The molecule has 7 heteroatoms. The average Bonchev–Trinajstić information content (AvgIpc) is 3.48. The SMILES string of the molecule is O=C(c1cccs1)c1ccccc1C(=O)N1CCC(c2nc3cc(Cl)ccc3s2)CC1. The maximum atomic E-state index is 13.3. The number of rotatable bonds is 4. The molecule has 1 amide bonds. The molecule has 4 aromatic rings. The monoisotopic (exact) mass is 466 g/mol. The summed E-state index contributed by atoms with van der Waals surface area (Å²) in [6.45, 7) is 1.31. The van der Waals surface area contributed by atoms with Crippen molar-refractivity contribution in [3.05, 3.63) is 86.0 Å². The van der Waals surface area contributed by atoms with Gasteiger partial charge in [0.2, 0.25) is 5.78 Å². The molecule has 1 aliphatic heterocycles. The molecule has 0 saturated carbocycles. The second kappa shape index (κ2) is 8.54. The molecule has 1 aliphatic rings. The van der Waals surface area contributed by atoms with Gasteiger partial charge in [0.1, 0.15) is 0 Å². The highest BCUT2D eigenvalue weighted by atomic mass is 35.5. The van der Waals surface area contributed by atoms with Gasteiger partial charge in [-0.2, -0.15) is 0 Å². The Labute approximate surface area is 193 Å². The van der Waals surface area contributed by atoms with Gasteiger partial charge in [-0.05, 0) is 48.6 Å². The number of hydrogen-bond acceptors (Lipinski definition) is 5. The lowest BCUT2D eigenvalue weighted by atomic mass is 9.95. The highest BCUT2D eigenvalue weighted by Crippen LogP contribution is 2.35. The van der Waals surface area contributed by atoms with E-state index < -0.39 is 0 Å². The summed E-state index contributed by atoms with van der Waals surface area (Å²) >= 11 is 9.19. The van der Waals surface area contributed by atoms with Crippen LogP contribution in [-0.2, 0) is 0 Å². The average molecular weight is 467 g/mol. The van der Waals surface area contributed by atoms with Crippen molar-refractivity contribution in [2.24, 2.45) is 0 Å². The number of piperidine rings is 1. The number of carbonyl (C=O) groups is 2. The van der Waals surface area contributed by atoms with E-state index in [1.165, 1.54) is 11.3 Å². The van der Waals surface area contributed by atoms with Crippen molar-refractivity contribution in [2.45, 2.75) is 18.8 Å². The summed E-state index contributed by atoms with van der Waals surface area (Å²) in [7, 11) is 0. The minimum atomic E-state index is -0.0954. The normalized spacial score (nSPS) is 14.8. The van der Waals surface area contributed by atoms with E-state index in [1.54, 1.807) is 29.5 Å². The van der Waals surface area contributed by atoms with Gasteiger partial charge in [0, 0.05) is 29.6 Å². The number of carbonyl (C=O) groups excluding carboxylic acids is 2. The zero-order chi connectivity index (χ0) is 21.4. The molecule has 31 heavy (non-hydrogen) atoms. The topological polar surface area (TPSA) is 50.3 Å². The highest BCUT2D eigenvalue weighted by Gasteiger charge is 2.28. The molecule has 2 aromatic carbocycles. The molecule has 2 aromatic heterocycles. The number of aromatic nitrogens is 1. The largest absolute Gasteiger partial charge is 0.339 e. The third-order valence-electron chi connectivity index (χ3n) is 5.64. The summed E-state index contributed by atoms with van der Waals surface area (Å²) in [6.07, 6.45) is 1.72. The molecular formula is C24H19ClN2O2S2. The number of likely N-dealkylation sites (tertiary alicyclic amines) is 1. The molecule has 0 bridgehead atoms. The van der Waals surface area contributed by atoms with E-state index in [0.717, 1.165) is 28.1 Å². The molecule has 5 rings (SSSR count). The van der Waals surface area contributed by atoms with Gasteiger partial charge < -0.3 is 4.90 Å². The van der Waals surface area contributed by atoms with E-state index in [0.29, 0.717) is 40.0 Å². The third-order valence-corrected chi connectivity index (χ3v) is 7.95. The maximum Gasteiger partial charge on any atom is 0.254 e. The van der Waals surface area contributed by atoms with Crippen molar-refractivity contribution in [2.75, 3.05) is 13.1 Å². The van der Waals surface area contributed by atoms with Gasteiger partial charge in [-0.1, -0.05) is 35.9 Å². The summed E-state index contributed by atoms with van der Waals surface area (Å²) < 4.78 is 1.14. The number of thiophene rings is 1. The van der Waals surface area contributed by atoms with Crippen LogP contribution in [0.15, 0.2) is 60.0 Å². The Bertz CT molecular complexity index is 1260. The standard InChI is InChI=1S/C24H19ClN2O2S2/c25-16-7-8-20-19(14-16)26-23(31-20)15-9-11-27(12-10-15)24(29)18-5-2-1-4-17(18)22(28)21-6-3-13-30-21/h1-8,13-15H,9-12H2. The van der Waals surface area contributed by atoms with Crippen LogP contribution in [0.1, 0.15) is 49.4 Å². The van der Waals surface area contributed by atoms with E-state index in [4.69, 9.17) is 16.6 Å². The smallest absolute Gasteiger partial charge is 0.254 e. The maximum absolute atomic E-state index is 13.3. The molecule has 0 N–H and O–H groups in total. The van der Waals surface area contributed by atoms with Crippen LogP contribution in [0.3, 0.4) is 0 Å². The van der Waals surface area contributed by atoms with Crippen molar-refractivity contribution in [3.63, 3.8) is 0 Å². The van der Waals surface area contributed by atoms with Crippen molar-refractivity contribution < 1.29 is 9.59 Å². The second-order valence-electron chi connectivity index (χ2n) is 7.58. The molecule has 1 saturated heterocycles. The molecule has 1 fully saturated rings. The zero-order valence-electron chi connectivity index (χ0n) is 16.6. The molecular weight excluding hydrogens is 448 g/mol. The van der Waals surface area contributed by atoms with Crippen molar-refractivity contribution in [1.82, 2.24) is 9.88 Å². The highest BCUT2D eigenvalue weighted by molar-refractivity contribution is 7.18. The fourth-order valence-electron chi connectivity index (χ4n) is 4.00. The molecule has 0 radical (unpaired) electrons. The number of thiazole rings is 1. The third kappa shape index (κ3) is 4.03. The van der Waals surface area contributed by atoms with Crippen LogP contribution in [0.4, 0.5) is 0 Å². The number of nitrogens with zero attached hydrogens (tertiary/aromatic N) is 2. The summed E-state index contributed by atoms with van der Waals surface area (Å²) in [6, 6.07) is 16.6. The van der Waals surface area contributed by atoms with Crippen LogP contribution in [0.5, 0.6) is 0 Å². The van der Waals surface area contributed by atoms with Crippen molar-refractivity contribution in [1.29, 1.82) is 0 Å². The molecule has 3 heterocycles. The van der Waals surface area contributed by atoms with Crippen molar-refractivity contribution >= 4 is 56.2 Å². The van der Waals surface area contributed by atoms with E-state index in [1.807, 2.05) is 46.7 Å². The van der Waals surface area contributed by atoms with Crippen LogP contribution in [0.25, 0.3) is 10.2 Å². The van der Waals surface area contributed by atoms with E-state index in [-0.39, 0.29) is 11.7 Å². The van der Waals surface area contributed by atoms with Gasteiger partial charge in [-0.3, -0.25) is 9.59 Å². The summed E-state index contributed by atoms with van der Waals surface area (Å²) in [5.74, 6) is 0.167. The second-order valence-corrected chi connectivity index (χ2v) is 10.0. The lowest BCUT2D eigenvalue weighted by Gasteiger charge is -2.31. The van der Waals surface area contributed by atoms with Crippen LogP contribution >= 0.6 is 34.3 Å². The summed E-state index contributed by atoms with van der Waals surface area (Å²) in [5, 5.41) is 3.68. The predicted octanol–water partition coefficient (Wildman–Crippen LogP) is 6.26. The van der Waals surface area contributed by atoms with Crippen LogP contribution in [0.2, 0.25) is 5.02 Å². The van der Waals surface area contributed by atoms with E-state index in [9.17, 15) is 9.59 Å². The Morgan fingerprint density at radius 1 is 1.00 bits per heavy atom. The molecule has 0 spiro atoms. The summed E-state index contributed by atoms with van der Waals surface area (Å²) in [4.78, 5) is 33.4. The predicted molar refractivity (Wildman–Crippen MR) is 127 cm³/mol. The lowest BCUT2D eigenvalue weighted by Crippen LogP contribution is -2.38. The summed E-state index contributed by atoms with van der Waals surface area (Å²) in [5.41, 5.74) is 1.89. The molecule has 156 valence electrons. The first-order valence-corrected chi connectivity index (χ1v) is 12.2. The number of fused-ring (bicyclic) bond motifs is 1. The van der Waals surface area contributed by atoms with Gasteiger partial charge >= 0.3 is 0 Å². The Morgan fingerprint density at radius 2 is 1.77 bits per heavy atom. The zero-order valence-corrected chi connectivity index (χ0v) is 19.0. The molecule has 4 nitrogen and oxygen atoms in total. The minimum Gasteiger partial charge on any atom is -0.339 e. The number of benzene rings is 2. The molecule has 0 unspecified atom stereocenters. The Balaban J connectivity index is 1.32. The van der Waals surface area contributed by atoms with Gasteiger partial charge in [-0.15, -0.1) is 22.7 Å². The minimum absolute atomic E-state index is 0.0740. The number of amides is 1. The Kier molecular flexibility index (Phi) is 5.61. The van der Waals surface area contributed by atoms with Crippen LogP contribution < -0.4 is 0 Å². The quantitative estimate of drug-likeness (QED) is 0.333. The Hall–Kier alpha value is -2.54. The van der Waals surface area contributed by atoms with E-state index >= 15 is 0 Å². The fraction of sp³-hybridized carbons (Fsp3) is 0.208.